The molecule has 1 N–H and O–H groups in total. The highest BCUT2D eigenvalue weighted by Gasteiger charge is 2.43. The number of amides is 1. The van der Waals surface area contributed by atoms with E-state index in [0.717, 1.165) is 0 Å². The molecule has 2 heterocycles. The average Bonchev–Trinajstić information content (AvgIpc) is 2.99. The molecule has 0 aromatic carbocycles. The van der Waals surface area contributed by atoms with Gasteiger partial charge in [-0.3, -0.25) is 14.3 Å². The number of likely N-dealkylation sites (tertiary alicyclic amines) is 1. The van der Waals surface area contributed by atoms with E-state index in [-0.39, 0.29) is 25.9 Å². The van der Waals surface area contributed by atoms with Gasteiger partial charge in [-0.2, -0.15) is 10.4 Å². The summed E-state index contributed by atoms with van der Waals surface area (Å²) in [5.41, 5.74) is -3.23. The van der Waals surface area contributed by atoms with Crippen molar-refractivity contribution in [3.63, 3.8) is 0 Å². The number of rotatable bonds is 5. The van der Waals surface area contributed by atoms with E-state index in [1.807, 2.05) is 0 Å². The Balaban J connectivity index is 2.09. The van der Waals surface area contributed by atoms with Gasteiger partial charge in [0.1, 0.15) is 17.9 Å². The molecule has 1 aliphatic heterocycles. The first-order valence-electron chi connectivity index (χ1n) is 7.26. The second-order valence-electron chi connectivity index (χ2n) is 5.63. The first-order valence-corrected chi connectivity index (χ1v) is 7.26. The lowest BCUT2D eigenvalue weighted by atomic mass is 9.80. The summed E-state index contributed by atoms with van der Waals surface area (Å²) in [5, 5.41) is 21.5. The van der Waals surface area contributed by atoms with Gasteiger partial charge in [0.2, 0.25) is 5.91 Å². The van der Waals surface area contributed by atoms with Crippen LogP contribution in [0.1, 0.15) is 37.1 Å². The highest BCUT2D eigenvalue weighted by molar-refractivity contribution is 5.80. The van der Waals surface area contributed by atoms with E-state index in [1.54, 1.807) is 6.07 Å². The molecule has 11 heteroatoms. The van der Waals surface area contributed by atoms with Crippen LogP contribution in [0.4, 0.5) is 17.6 Å². The number of piperidine rings is 1. The predicted molar refractivity (Wildman–Crippen MR) is 73.6 cm³/mol. The minimum Gasteiger partial charge on any atom is -0.480 e. The lowest BCUT2D eigenvalue weighted by Crippen LogP contribution is -2.47. The third-order valence-corrected chi connectivity index (χ3v) is 4.16. The number of nitriles is 1. The number of aliphatic carboxylic acids is 1. The molecule has 0 aliphatic carbocycles. The molecule has 1 aromatic heterocycles. The zero-order valence-electron chi connectivity index (χ0n) is 12.8. The SMILES string of the molecule is N#CC1(C(=O)O)CCN(C(=O)Cn2nc(C(F)F)cc2C(F)F)CC1. The van der Waals surface area contributed by atoms with E-state index in [9.17, 15) is 27.2 Å². The van der Waals surface area contributed by atoms with Crippen molar-refractivity contribution in [3.05, 3.63) is 17.5 Å². The Hall–Kier alpha value is -2.64. The van der Waals surface area contributed by atoms with Crippen molar-refractivity contribution in [1.29, 1.82) is 5.26 Å². The number of hydrogen-bond donors (Lipinski definition) is 1. The van der Waals surface area contributed by atoms with E-state index < -0.39 is 48.1 Å². The summed E-state index contributed by atoms with van der Waals surface area (Å²) in [4.78, 5) is 24.6. The standard InChI is InChI=1S/C14H14F4N4O3/c15-11(16)8-5-9(12(17)18)22(20-8)6-10(23)21-3-1-14(7-19,2-4-21)13(24)25/h5,11-12H,1-4,6H2,(H,24,25). The number of aromatic nitrogens is 2. The molecule has 1 aromatic rings. The molecule has 25 heavy (non-hydrogen) atoms. The molecule has 0 atom stereocenters. The first-order chi connectivity index (χ1) is 11.7. The van der Waals surface area contributed by atoms with Crippen LogP contribution in [0.5, 0.6) is 0 Å². The van der Waals surface area contributed by atoms with Gasteiger partial charge in [0, 0.05) is 13.1 Å². The van der Waals surface area contributed by atoms with Gasteiger partial charge in [-0.1, -0.05) is 0 Å². The number of halogens is 4. The van der Waals surface area contributed by atoms with Gasteiger partial charge in [-0.15, -0.1) is 0 Å². The Morgan fingerprint density at radius 3 is 2.32 bits per heavy atom. The van der Waals surface area contributed by atoms with Gasteiger partial charge in [-0.25, -0.2) is 17.6 Å². The van der Waals surface area contributed by atoms with Crippen LogP contribution in [0.3, 0.4) is 0 Å². The largest absolute Gasteiger partial charge is 0.480 e. The van der Waals surface area contributed by atoms with Gasteiger partial charge in [0.05, 0.1) is 6.07 Å². The van der Waals surface area contributed by atoms with Crippen molar-refractivity contribution in [2.75, 3.05) is 13.1 Å². The minimum atomic E-state index is -3.08. The Labute approximate surface area is 139 Å². The van der Waals surface area contributed by atoms with Crippen LogP contribution in [0.25, 0.3) is 0 Å². The molecule has 0 radical (unpaired) electrons. The summed E-state index contributed by atoms with van der Waals surface area (Å²) in [6, 6.07) is 2.27. The van der Waals surface area contributed by atoms with Crippen molar-refractivity contribution in [3.8, 4) is 6.07 Å². The summed E-state index contributed by atoms with van der Waals surface area (Å²) in [5.74, 6) is -1.95. The zero-order valence-corrected chi connectivity index (χ0v) is 12.8. The molecule has 0 bridgehead atoms. The van der Waals surface area contributed by atoms with Crippen LogP contribution >= 0.6 is 0 Å². The highest BCUT2D eigenvalue weighted by atomic mass is 19.3. The molecule has 0 saturated carbocycles. The smallest absolute Gasteiger partial charge is 0.324 e. The predicted octanol–water partition coefficient (Wildman–Crippen LogP) is 1.98. The summed E-state index contributed by atoms with van der Waals surface area (Å²) < 4.78 is 51.6. The number of carbonyl (C=O) groups is 2. The van der Waals surface area contributed by atoms with Gasteiger partial charge in [0.25, 0.3) is 12.9 Å². The Morgan fingerprint density at radius 1 is 1.28 bits per heavy atom. The molecule has 1 fully saturated rings. The average molecular weight is 362 g/mol. The number of carboxylic acid groups (broad SMARTS) is 1. The summed E-state index contributed by atoms with van der Waals surface area (Å²) in [6.07, 6.45) is -6.33. The number of carbonyl (C=O) groups excluding carboxylic acids is 1. The fraction of sp³-hybridized carbons (Fsp3) is 0.571. The second kappa shape index (κ2) is 7.08. The van der Waals surface area contributed by atoms with Crippen LogP contribution in [-0.4, -0.2) is 44.8 Å². The van der Waals surface area contributed by atoms with Crippen LogP contribution in [0.2, 0.25) is 0 Å². The van der Waals surface area contributed by atoms with Crippen molar-refractivity contribution in [1.82, 2.24) is 14.7 Å². The molecule has 1 saturated heterocycles. The third kappa shape index (κ3) is 3.72. The molecule has 2 rings (SSSR count). The minimum absolute atomic E-state index is 0.0499. The summed E-state index contributed by atoms with van der Waals surface area (Å²) in [7, 11) is 0. The number of carboxylic acids is 1. The molecule has 7 nitrogen and oxygen atoms in total. The molecular formula is C14H14F4N4O3. The normalized spacial score (nSPS) is 16.9. The first kappa shape index (κ1) is 18.7. The second-order valence-corrected chi connectivity index (χ2v) is 5.63. The molecule has 0 spiro atoms. The third-order valence-electron chi connectivity index (χ3n) is 4.16. The van der Waals surface area contributed by atoms with Crippen molar-refractivity contribution in [2.24, 2.45) is 5.41 Å². The van der Waals surface area contributed by atoms with Crippen LogP contribution in [-0.2, 0) is 16.1 Å². The molecule has 1 aliphatic rings. The van der Waals surface area contributed by atoms with Crippen LogP contribution < -0.4 is 0 Å². The van der Waals surface area contributed by atoms with E-state index in [0.29, 0.717) is 10.7 Å². The van der Waals surface area contributed by atoms with Crippen molar-refractivity contribution >= 4 is 11.9 Å². The van der Waals surface area contributed by atoms with E-state index in [2.05, 4.69) is 5.10 Å². The maximum atomic E-state index is 12.9. The lowest BCUT2D eigenvalue weighted by Gasteiger charge is -2.34. The number of nitrogens with zero attached hydrogens (tertiary/aromatic N) is 4. The van der Waals surface area contributed by atoms with E-state index in [1.165, 1.54) is 4.90 Å². The van der Waals surface area contributed by atoms with Crippen LogP contribution in [0.15, 0.2) is 6.07 Å². The highest BCUT2D eigenvalue weighted by Crippen LogP contribution is 2.31. The Kier molecular flexibility index (Phi) is 5.30. The quantitative estimate of drug-likeness (QED) is 0.808. The summed E-state index contributed by atoms with van der Waals surface area (Å²) >= 11 is 0. The Bertz CT molecular complexity index is 705. The fourth-order valence-electron chi connectivity index (χ4n) is 2.60. The molecule has 0 unspecified atom stereocenters. The van der Waals surface area contributed by atoms with Crippen molar-refractivity contribution < 1.29 is 32.3 Å². The topological polar surface area (TPSA) is 99.2 Å². The molecule has 1 amide bonds. The zero-order chi connectivity index (χ0) is 18.8. The number of hydrogen-bond acceptors (Lipinski definition) is 4. The monoisotopic (exact) mass is 362 g/mol. The fourth-order valence-corrected chi connectivity index (χ4v) is 2.60. The van der Waals surface area contributed by atoms with E-state index in [4.69, 9.17) is 10.4 Å². The maximum absolute atomic E-state index is 12.9. The number of alkyl halides is 4. The van der Waals surface area contributed by atoms with Crippen molar-refractivity contribution in [2.45, 2.75) is 32.2 Å². The molecule has 136 valence electrons. The van der Waals surface area contributed by atoms with Gasteiger partial charge in [-0.05, 0) is 18.9 Å². The van der Waals surface area contributed by atoms with Crippen LogP contribution in [0, 0.1) is 16.7 Å². The van der Waals surface area contributed by atoms with Gasteiger partial charge >= 0.3 is 5.97 Å². The Morgan fingerprint density at radius 2 is 1.88 bits per heavy atom. The summed E-state index contributed by atoms with van der Waals surface area (Å²) in [6.45, 7) is -0.767. The maximum Gasteiger partial charge on any atom is 0.324 e. The van der Waals surface area contributed by atoms with Gasteiger partial charge in [0.15, 0.2) is 5.41 Å². The lowest BCUT2D eigenvalue weighted by molar-refractivity contribution is -0.150. The van der Waals surface area contributed by atoms with Gasteiger partial charge < -0.3 is 10.0 Å². The van der Waals surface area contributed by atoms with E-state index >= 15 is 0 Å². The molecular weight excluding hydrogens is 348 g/mol.